The maximum absolute atomic E-state index is 12.1. The van der Waals surface area contributed by atoms with Crippen LogP contribution < -0.4 is 5.73 Å². The van der Waals surface area contributed by atoms with E-state index in [-0.39, 0.29) is 20.5 Å². The van der Waals surface area contributed by atoms with Crippen molar-refractivity contribution in [1.29, 1.82) is 0 Å². The molecule has 8 nitrogen and oxygen atoms in total. The molecule has 0 bridgehead atoms. The van der Waals surface area contributed by atoms with Crippen molar-refractivity contribution in [2.75, 3.05) is 19.8 Å². The molecule has 0 fully saturated rings. The molecular formula is C22H24N6O2. The smallest absolute Gasteiger partial charge is 0.270 e. The molecule has 2 N–H and O–H groups in total. The molecule has 0 aliphatic rings. The summed E-state index contributed by atoms with van der Waals surface area (Å²) in [5.74, 6) is 0.692. The lowest BCUT2D eigenvalue weighted by Gasteiger charge is -2.10. The molecule has 30 heavy (non-hydrogen) atoms. The van der Waals surface area contributed by atoms with Crippen molar-refractivity contribution in [3.05, 3.63) is 65.9 Å². The number of hydrogen-bond donors (Lipinski definition) is 1. The molecule has 4 aromatic rings. The van der Waals surface area contributed by atoms with Crippen molar-refractivity contribution in [3.8, 4) is 34.3 Å². The Labute approximate surface area is 176 Å². The van der Waals surface area contributed by atoms with E-state index < -0.39 is 0 Å². The minimum Gasteiger partial charge on any atom is -0.414 e. The van der Waals surface area contributed by atoms with Crippen molar-refractivity contribution in [2.24, 2.45) is 0 Å². The molecule has 4 rings (SSSR count). The Bertz CT molecular complexity index is 1210. The fraction of sp³-hybridized carbons (Fsp3) is 0.136. The molecule has 0 spiro atoms. The molecule has 0 saturated carbocycles. The fourth-order valence-corrected chi connectivity index (χ4v) is 2.87. The molecule has 2 aromatic heterocycles. The molecule has 0 atom stereocenters. The second-order valence-corrected chi connectivity index (χ2v) is 7.04. The molecule has 0 unspecified atom stereocenters. The van der Waals surface area contributed by atoms with E-state index in [0.29, 0.717) is 22.8 Å². The summed E-state index contributed by atoms with van der Waals surface area (Å²) in [7, 11) is 3.42. The Balaban J connectivity index is 0.00000181. The van der Waals surface area contributed by atoms with Crippen molar-refractivity contribution in [3.63, 3.8) is 0 Å². The monoisotopic (exact) mass is 404 g/mol. The zero-order valence-electron chi connectivity index (χ0n) is 16.8. The summed E-state index contributed by atoms with van der Waals surface area (Å²) in [5.41, 5.74) is 10.2. The number of rotatable bonds is 4. The minimum absolute atomic E-state index is 0. The Morgan fingerprint density at radius 2 is 1.60 bits per heavy atom. The molecule has 2 aromatic carbocycles. The summed E-state index contributed by atoms with van der Waals surface area (Å²) in [4.78, 5) is 22.4. The predicted octanol–water partition coefficient (Wildman–Crippen LogP) is 3.95. The zero-order valence-corrected chi connectivity index (χ0v) is 16.8. The van der Waals surface area contributed by atoms with Gasteiger partial charge in [0, 0.05) is 33.6 Å². The summed E-state index contributed by atoms with van der Waals surface area (Å²) in [6, 6.07) is 14.9. The second-order valence-electron chi connectivity index (χ2n) is 7.04. The minimum atomic E-state index is -0.0693. The van der Waals surface area contributed by atoms with E-state index in [9.17, 15) is 4.79 Å². The van der Waals surface area contributed by atoms with Crippen LogP contribution in [0.25, 0.3) is 34.3 Å². The van der Waals surface area contributed by atoms with E-state index >= 15 is 0 Å². The van der Waals surface area contributed by atoms with Crippen LogP contribution in [0.3, 0.4) is 0 Å². The first-order valence-corrected chi connectivity index (χ1v) is 9.28. The number of nitrogen functional groups attached to an aromatic ring is 1. The van der Waals surface area contributed by atoms with Crippen LogP contribution in [0.15, 0.2) is 59.1 Å². The van der Waals surface area contributed by atoms with Gasteiger partial charge in [-0.2, -0.15) is 0 Å². The van der Waals surface area contributed by atoms with Gasteiger partial charge in [0.25, 0.3) is 11.8 Å². The van der Waals surface area contributed by atoms with Crippen molar-refractivity contribution < 1.29 is 12.1 Å². The summed E-state index contributed by atoms with van der Waals surface area (Å²) in [6.07, 6.45) is 1.57. The Morgan fingerprint density at radius 3 is 2.27 bits per heavy atom. The first-order chi connectivity index (χ1) is 14.4. The Morgan fingerprint density at radius 1 is 0.967 bits per heavy atom. The molecule has 0 aliphatic carbocycles. The van der Waals surface area contributed by atoms with Gasteiger partial charge >= 0.3 is 0 Å². The van der Waals surface area contributed by atoms with E-state index in [4.69, 9.17) is 10.2 Å². The van der Waals surface area contributed by atoms with E-state index in [2.05, 4.69) is 20.2 Å². The number of carbonyl (C=O) groups excluding carboxylic acids is 1. The van der Waals surface area contributed by atoms with Gasteiger partial charge in [-0.05, 0) is 31.2 Å². The van der Waals surface area contributed by atoms with Crippen LogP contribution >= 0.6 is 0 Å². The number of aromatic nitrogens is 4. The van der Waals surface area contributed by atoms with E-state index in [0.717, 1.165) is 16.7 Å². The lowest BCUT2D eigenvalue weighted by molar-refractivity contribution is 0.0827. The largest absolute Gasteiger partial charge is 0.414 e. The molecule has 154 valence electrons. The molecular weight excluding hydrogens is 380 g/mol. The van der Waals surface area contributed by atoms with Crippen molar-refractivity contribution in [1.82, 2.24) is 25.1 Å². The van der Waals surface area contributed by atoms with Gasteiger partial charge in [-0.1, -0.05) is 29.8 Å². The molecule has 0 saturated heterocycles. The predicted molar refractivity (Wildman–Crippen MR) is 118 cm³/mol. The van der Waals surface area contributed by atoms with Gasteiger partial charge in [0.15, 0.2) is 11.5 Å². The molecule has 0 aliphatic heterocycles. The summed E-state index contributed by atoms with van der Waals surface area (Å²) < 4.78 is 5.79. The van der Waals surface area contributed by atoms with E-state index in [1.807, 2.05) is 43.3 Å². The third-order valence-electron chi connectivity index (χ3n) is 4.56. The number of nitrogens with zero attached hydrogens (tertiary/aromatic N) is 5. The van der Waals surface area contributed by atoms with Crippen LogP contribution in [0, 0.1) is 6.92 Å². The van der Waals surface area contributed by atoms with Crippen LogP contribution in [0.5, 0.6) is 0 Å². The van der Waals surface area contributed by atoms with Crippen molar-refractivity contribution in [2.45, 2.75) is 6.92 Å². The second kappa shape index (κ2) is 7.75. The first kappa shape index (κ1) is 19.3. The standard InChI is InChI=1S/C22H20N6O2.2H2/c1-13-4-6-15(7-5-13)20-26-27-21(30-20)18-19(23)24-12-17(25-18)14-8-10-16(11-9-14)22(29)28(2)3;;/h4-12H,1-3H3,(H2,23,24);2*1H. The van der Waals surface area contributed by atoms with Crippen LogP contribution in [0.1, 0.15) is 18.8 Å². The zero-order chi connectivity index (χ0) is 21.3. The Kier molecular flexibility index (Phi) is 4.97. The van der Waals surface area contributed by atoms with Gasteiger partial charge in [-0.3, -0.25) is 4.79 Å². The average Bonchev–Trinajstić information content (AvgIpc) is 3.24. The highest BCUT2D eigenvalue weighted by atomic mass is 16.4. The van der Waals surface area contributed by atoms with E-state index in [1.54, 1.807) is 32.4 Å². The topological polar surface area (TPSA) is 111 Å². The van der Waals surface area contributed by atoms with Crippen LogP contribution in [-0.2, 0) is 0 Å². The number of hydrogen-bond acceptors (Lipinski definition) is 7. The summed E-state index contributed by atoms with van der Waals surface area (Å²) in [5, 5.41) is 8.19. The molecule has 1 amide bonds. The quantitative estimate of drug-likeness (QED) is 0.548. The number of benzene rings is 2. The lowest BCUT2D eigenvalue weighted by atomic mass is 10.1. The third-order valence-corrected chi connectivity index (χ3v) is 4.56. The van der Waals surface area contributed by atoms with Crippen LogP contribution in [-0.4, -0.2) is 45.1 Å². The first-order valence-electron chi connectivity index (χ1n) is 9.28. The summed E-state index contributed by atoms with van der Waals surface area (Å²) >= 11 is 0. The number of amides is 1. The van der Waals surface area contributed by atoms with Gasteiger partial charge in [-0.25, -0.2) is 9.97 Å². The normalized spacial score (nSPS) is 10.8. The fourth-order valence-electron chi connectivity index (χ4n) is 2.87. The van der Waals surface area contributed by atoms with Gasteiger partial charge in [0.1, 0.15) is 0 Å². The lowest BCUT2D eigenvalue weighted by Crippen LogP contribution is -2.21. The Hall–Kier alpha value is -4.07. The average molecular weight is 404 g/mol. The number of anilines is 1. The van der Waals surface area contributed by atoms with Crippen LogP contribution in [0.2, 0.25) is 0 Å². The van der Waals surface area contributed by atoms with E-state index in [1.165, 1.54) is 4.90 Å². The maximum Gasteiger partial charge on any atom is 0.270 e. The molecule has 2 heterocycles. The highest BCUT2D eigenvalue weighted by Gasteiger charge is 2.17. The van der Waals surface area contributed by atoms with Gasteiger partial charge in [0.05, 0.1) is 11.9 Å². The SMILES string of the molecule is Cc1ccc(-c2nnc(-c3nc(-c4ccc(C(=O)N(C)C)cc4)cnc3N)o2)cc1.[HH].[HH]. The molecule has 8 heteroatoms. The van der Waals surface area contributed by atoms with Gasteiger partial charge < -0.3 is 15.1 Å². The number of aryl methyl sites for hydroxylation is 1. The maximum atomic E-state index is 12.1. The third kappa shape index (κ3) is 3.75. The number of nitrogens with two attached hydrogens (primary N) is 1. The summed E-state index contributed by atoms with van der Waals surface area (Å²) in [6.45, 7) is 2.01. The van der Waals surface area contributed by atoms with Crippen LogP contribution in [0.4, 0.5) is 5.82 Å². The molecule has 0 radical (unpaired) electrons. The van der Waals surface area contributed by atoms with Gasteiger partial charge in [-0.15, -0.1) is 10.2 Å². The highest BCUT2D eigenvalue weighted by Crippen LogP contribution is 2.28. The van der Waals surface area contributed by atoms with Crippen molar-refractivity contribution >= 4 is 11.7 Å². The number of carbonyl (C=O) groups is 1. The van der Waals surface area contributed by atoms with Gasteiger partial charge in [0.2, 0.25) is 5.89 Å². The highest BCUT2D eigenvalue weighted by molar-refractivity contribution is 5.94.